The number of thiophene rings is 1. The van der Waals surface area contributed by atoms with Gasteiger partial charge in [-0.25, -0.2) is 0 Å². The van der Waals surface area contributed by atoms with Crippen molar-refractivity contribution in [3.05, 3.63) is 144 Å². The van der Waals surface area contributed by atoms with Crippen molar-refractivity contribution >= 4 is 43.1 Å². The Morgan fingerprint density at radius 2 is 1.31 bits per heavy atom. The minimum Gasteiger partial charge on any atom is -0.133 e. The Bertz CT molecular complexity index is 1780. The van der Waals surface area contributed by atoms with Crippen molar-refractivity contribution in [2.75, 3.05) is 0 Å². The van der Waals surface area contributed by atoms with E-state index in [0.717, 1.165) is 9.72 Å². The van der Waals surface area contributed by atoms with Gasteiger partial charge in [0, 0.05) is 15.5 Å². The van der Waals surface area contributed by atoms with E-state index in [1.165, 1.54) is 54.4 Å². The van der Waals surface area contributed by atoms with Gasteiger partial charge in [0.2, 0.25) is 0 Å². The van der Waals surface area contributed by atoms with Gasteiger partial charge < -0.3 is 0 Å². The molecule has 0 nitrogen and oxygen atoms in total. The third-order valence-corrected chi connectivity index (χ3v) is 9.12. The van der Waals surface area contributed by atoms with Crippen molar-refractivity contribution in [3.8, 4) is 22.3 Å². The largest absolute Gasteiger partial charge is 0.133 e. The first-order valence-electron chi connectivity index (χ1n) is 11.8. The van der Waals surface area contributed by atoms with E-state index in [0.29, 0.717) is 0 Å². The van der Waals surface area contributed by atoms with E-state index < -0.39 is 0 Å². The highest BCUT2D eigenvalue weighted by atomic mass is 35.5. The quantitative estimate of drug-likeness (QED) is 0.219. The summed E-state index contributed by atoms with van der Waals surface area (Å²) in [6.07, 6.45) is 2.12. The molecule has 6 aromatic rings. The smallest absolute Gasteiger partial charge is 0.0641 e. The SMILES string of the molecule is C=CC1(c2ccccc2)c2ccccc2-c2ccc(-c3cccc4c3sc3c(Cl)cccc34)cc21. The van der Waals surface area contributed by atoms with E-state index in [-0.39, 0.29) is 5.41 Å². The Balaban J connectivity index is 1.53. The number of rotatable bonds is 3. The predicted molar refractivity (Wildman–Crippen MR) is 152 cm³/mol. The number of halogens is 1. The second-order valence-corrected chi connectivity index (χ2v) is 10.5. The summed E-state index contributed by atoms with van der Waals surface area (Å²) in [6, 6.07) is 39.2. The molecule has 1 unspecified atom stereocenters. The fourth-order valence-corrected chi connectivity index (χ4v) is 7.37. The number of benzene rings is 5. The predicted octanol–water partition coefficient (Wildman–Crippen LogP) is 9.88. The van der Waals surface area contributed by atoms with Gasteiger partial charge in [-0.1, -0.05) is 115 Å². The molecule has 0 aliphatic heterocycles. The van der Waals surface area contributed by atoms with Crippen LogP contribution in [0.25, 0.3) is 42.4 Å². The fourth-order valence-electron chi connectivity index (χ4n) is 5.84. The first-order valence-corrected chi connectivity index (χ1v) is 13.0. The minimum atomic E-state index is -0.388. The summed E-state index contributed by atoms with van der Waals surface area (Å²) in [5.74, 6) is 0. The van der Waals surface area contributed by atoms with Crippen LogP contribution in [0.5, 0.6) is 0 Å². The zero-order chi connectivity index (χ0) is 23.6. The van der Waals surface area contributed by atoms with Crippen molar-refractivity contribution in [3.63, 3.8) is 0 Å². The van der Waals surface area contributed by atoms with Crippen molar-refractivity contribution in [1.29, 1.82) is 0 Å². The summed E-state index contributed by atoms with van der Waals surface area (Å²) in [4.78, 5) is 0. The van der Waals surface area contributed by atoms with Crippen LogP contribution in [0.1, 0.15) is 16.7 Å². The van der Waals surface area contributed by atoms with E-state index in [9.17, 15) is 0 Å². The molecule has 0 N–H and O–H groups in total. The second kappa shape index (κ2) is 7.68. The van der Waals surface area contributed by atoms with Gasteiger partial charge in [-0.05, 0) is 51.1 Å². The first kappa shape index (κ1) is 20.7. The Morgan fingerprint density at radius 1 is 0.629 bits per heavy atom. The van der Waals surface area contributed by atoms with Crippen molar-refractivity contribution < 1.29 is 0 Å². The summed E-state index contributed by atoms with van der Waals surface area (Å²) in [6.45, 7) is 4.37. The van der Waals surface area contributed by atoms with Crippen LogP contribution in [0.2, 0.25) is 5.02 Å². The highest BCUT2D eigenvalue weighted by Gasteiger charge is 2.42. The van der Waals surface area contributed by atoms with Gasteiger partial charge in [0.05, 0.1) is 15.1 Å². The molecular weight excluding hydrogens is 464 g/mol. The van der Waals surface area contributed by atoms with Crippen LogP contribution in [0.4, 0.5) is 0 Å². The van der Waals surface area contributed by atoms with Gasteiger partial charge in [0.25, 0.3) is 0 Å². The molecule has 35 heavy (non-hydrogen) atoms. The molecular formula is C33H21ClS. The topological polar surface area (TPSA) is 0 Å². The van der Waals surface area contributed by atoms with Crippen LogP contribution in [-0.4, -0.2) is 0 Å². The van der Waals surface area contributed by atoms with E-state index >= 15 is 0 Å². The van der Waals surface area contributed by atoms with E-state index in [4.69, 9.17) is 11.6 Å². The van der Waals surface area contributed by atoms with Crippen LogP contribution >= 0.6 is 22.9 Å². The average Bonchev–Trinajstić information content (AvgIpc) is 3.44. The third kappa shape index (κ3) is 2.80. The molecule has 0 amide bonds. The van der Waals surface area contributed by atoms with Gasteiger partial charge in [0.15, 0.2) is 0 Å². The maximum atomic E-state index is 6.58. The Kier molecular flexibility index (Phi) is 4.54. The molecule has 0 saturated carbocycles. The van der Waals surface area contributed by atoms with E-state index in [1.54, 1.807) is 11.3 Å². The molecule has 0 spiro atoms. The lowest BCUT2D eigenvalue weighted by Crippen LogP contribution is -2.23. The molecule has 0 radical (unpaired) electrons. The van der Waals surface area contributed by atoms with Crippen molar-refractivity contribution in [2.45, 2.75) is 5.41 Å². The van der Waals surface area contributed by atoms with Crippen molar-refractivity contribution in [1.82, 2.24) is 0 Å². The number of hydrogen-bond acceptors (Lipinski definition) is 1. The van der Waals surface area contributed by atoms with Crippen LogP contribution in [0, 0.1) is 0 Å². The van der Waals surface area contributed by atoms with E-state index in [2.05, 4.69) is 110 Å². The zero-order valence-electron chi connectivity index (χ0n) is 19.0. The van der Waals surface area contributed by atoms with Gasteiger partial charge in [-0.15, -0.1) is 17.9 Å². The molecule has 1 aliphatic carbocycles. The molecule has 0 saturated heterocycles. The zero-order valence-corrected chi connectivity index (χ0v) is 20.5. The van der Waals surface area contributed by atoms with Crippen LogP contribution in [0.15, 0.2) is 122 Å². The van der Waals surface area contributed by atoms with Gasteiger partial charge in [0.1, 0.15) is 0 Å². The van der Waals surface area contributed by atoms with Crippen molar-refractivity contribution in [2.24, 2.45) is 0 Å². The number of allylic oxidation sites excluding steroid dienone is 1. The van der Waals surface area contributed by atoms with Crippen LogP contribution in [0.3, 0.4) is 0 Å². The lowest BCUT2D eigenvalue weighted by atomic mass is 9.72. The van der Waals surface area contributed by atoms with Crippen LogP contribution in [-0.2, 0) is 5.41 Å². The standard InChI is InChI=1S/C33H21ClS/c1-2-33(22-10-4-3-5-11-22)28-16-7-6-12-24(28)25-19-18-21(20-29(25)33)23-13-8-14-26-27-15-9-17-30(34)32(27)35-31(23)26/h2-20H,1H2. The molecule has 2 heteroatoms. The van der Waals surface area contributed by atoms with E-state index in [1.807, 2.05) is 12.1 Å². The average molecular weight is 485 g/mol. The highest BCUT2D eigenvalue weighted by molar-refractivity contribution is 7.27. The molecule has 0 bridgehead atoms. The highest BCUT2D eigenvalue weighted by Crippen LogP contribution is 2.54. The molecule has 1 aliphatic rings. The van der Waals surface area contributed by atoms with Crippen LogP contribution < -0.4 is 0 Å². The summed E-state index contributed by atoms with van der Waals surface area (Å²) >= 11 is 8.36. The molecule has 1 aromatic heterocycles. The molecule has 1 heterocycles. The molecule has 1 atom stereocenters. The third-order valence-electron chi connectivity index (χ3n) is 7.41. The Hall–Kier alpha value is -3.65. The number of hydrogen-bond donors (Lipinski definition) is 0. The summed E-state index contributed by atoms with van der Waals surface area (Å²) in [7, 11) is 0. The maximum absolute atomic E-state index is 6.58. The molecule has 7 rings (SSSR count). The summed E-state index contributed by atoms with van der Waals surface area (Å²) in [5.41, 5.74) is 8.44. The fraction of sp³-hybridized carbons (Fsp3) is 0.0303. The summed E-state index contributed by atoms with van der Waals surface area (Å²) in [5, 5.41) is 3.29. The van der Waals surface area contributed by atoms with Gasteiger partial charge in [-0.2, -0.15) is 0 Å². The molecule has 5 aromatic carbocycles. The normalized spacial score (nSPS) is 16.4. The second-order valence-electron chi connectivity index (χ2n) is 9.08. The maximum Gasteiger partial charge on any atom is 0.0641 e. The lowest BCUT2D eigenvalue weighted by Gasteiger charge is -2.29. The minimum absolute atomic E-state index is 0.388. The molecule has 166 valence electrons. The Labute approximate surface area is 213 Å². The van der Waals surface area contributed by atoms with Gasteiger partial charge in [-0.3, -0.25) is 0 Å². The summed E-state index contributed by atoms with van der Waals surface area (Å²) < 4.78 is 2.42. The van der Waals surface area contributed by atoms with Gasteiger partial charge >= 0.3 is 0 Å². The Morgan fingerprint density at radius 3 is 2.14 bits per heavy atom. The molecule has 0 fully saturated rings. The number of fused-ring (bicyclic) bond motifs is 6. The lowest BCUT2D eigenvalue weighted by molar-refractivity contribution is 0.807. The monoisotopic (exact) mass is 484 g/mol. The first-order chi connectivity index (χ1) is 17.2.